The Bertz CT molecular complexity index is 598. The summed E-state index contributed by atoms with van der Waals surface area (Å²) < 4.78 is 0. The highest BCUT2D eigenvalue weighted by Gasteiger charge is 2.24. The quantitative estimate of drug-likeness (QED) is 0.735. The Kier molecular flexibility index (Phi) is 8.30. The molecule has 0 radical (unpaired) electrons. The molecule has 0 spiro atoms. The van der Waals surface area contributed by atoms with Crippen molar-refractivity contribution in [2.75, 3.05) is 6.54 Å². The van der Waals surface area contributed by atoms with Gasteiger partial charge in [-0.15, -0.1) is 12.4 Å². The number of rotatable bonds is 4. The van der Waals surface area contributed by atoms with Gasteiger partial charge in [-0.1, -0.05) is 29.3 Å². The molecule has 0 saturated carbocycles. The van der Waals surface area contributed by atoms with Crippen LogP contribution in [-0.4, -0.2) is 36.5 Å². The number of nitrogens with one attached hydrogen (secondary N) is 3. The molecule has 1 aliphatic heterocycles. The first-order valence-corrected chi connectivity index (χ1v) is 8.42. The highest BCUT2D eigenvalue weighted by atomic mass is 35.5. The van der Waals surface area contributed by atoms with Crippen LogP contribution in [0.25, 0.3) is 0 Å². The summed E-state index contributed by atoms with van der Waals surface area (Å²) in [6, 6.07) is 4.68. The predicted octanol–water partition coefficient (Wildman–Crippen LogP) is 2.79. The molecular formula is C16H22Cl3N3O2. The monoisotopic (exact) mass is 393 g/mol. The maximum Gasteiger partial charge on any atom is 0.253 e. The molecule has 2 rings (SSSR count). The van der Waals surface area contributed by atoms with Crippen molar-refractivity contribution in [3.63, 3.8) is 0 Å². The topological polar surface area (TPSA) is 70.2 Å². The van der Waals surface area contributed by atoms with Crippen LogP contribution in [0.3, 0.4) is 0 Å². The smallest absolute Gasteiger partial charge is 0.253 e. The first-order chi connectivity index (χ1) is 10.9. The van der Waals surface area contributed by atoms with Crippen molar-refractivity contribution in [3.8, 4) is 0 Å². The van der Waals surface area contributed by atoms with E-state index in [4.69, 9.17) is 23.2 Å². The molecule has 0 bridgehead atoms. The van der Waals surface area contributed by atoms with Gasteiger partial charge in [-0.2, -0.15) is 0 Å². The third kappa shape index (κ3) is 5.52. The second-order valence-electron chi connectivity index (χ2n) is 5.88. The van der Waals surface area contributed by atoms with Crippen molar-refractivity contribution in [3.05, 3.63) is 33.8 Å². The van der Waals surface area contributed by atoms with E-state index in [0.29, 0.717) is 11.1 Å². The average molecular weight is 395 g/mol. The van der Waals surface area contributed by atoms with Gasteiger partial charge in [0, 0.05) is 12.1 Å². The molecule has 1 aliphatic rings. The van der Waals surface area contributed by atoms with Gasteiger partial charge in [0.2, 0.25) is 5.91 Å². The zero-order valence-corrected chi connectivity index (χ0v) is 15.9. The van der Waals surface area contributed by atoms with Crippen LogP contribution in [-0.2, 0) is 4.79 Å². The normalized spacial score (nSPS) is 21.3. The summed E-state index contributed by atoms with van der Waals surface area (Å²) in [5.74, 6) is -0.616. The second kappa shape index (κ2) is 9.47. The minimum absolute atomic E-state index is 0. The third-order valence-corrected chi connectivity index (χ3v) is 4.73. The van der Waals surface area contributed by atoms with Crippen molar-refractivity contribution in [2.24, 2.45) is 0 Å². The summed E-state index contributed by atoms with van der Waals surface area (Å²) in [7, 11) is 0. The van der Waals surface area contributed by atoms with Gasteiger partial charge in [0.15, 0.2) is 0 Å². The molecule has 1 heterocycles. The number of halogens is 3. The maximum atomic E-state index is 12.2. The van der Waals surface area contributed by atoms with E-state index >= 15 is 0 Å². The standard InChI is InChI=1S/C16H21Cl2N3O2.ClH/c1-9-8-11(6-7-19-9)21-15(22)10(2)20-16(23)12-4-3-5-13(17)14(12)18;/h3-5,9-11,19H,6-8H2,1-2H3,(H,20,23)(H,21,22);1H. The molecular weight excluding hydrogens is 373 g/mol. The Labute approximate surface area is 158 Å². The highest BCUT2D eigenvalue weighted by Crippen LogP contribution is 2.25. The molecule has 0 aromatic heterocycles. The molecule has 5 nitrogen and oxygen atoms in total. The Balaban J connectivity index is 0.00000288. The minimum atomic E-state index is -0.650. The molecule has 3 unspecified atom stereocenters. The summed E-state index contributed by atoms with van der Waals surface area (Å²) in [6.07, 6.45) is 1.77. The van der Waals surface area contributed by atoms with Crippen LogP contribution >= 0.6 is 35.6 Å². The fraction of sp³-hybridized carbons (Fsp3) is 0.500. The molecule has 134 valence electrons. The van der Waals surface area contributed by atoms with Crippen LogP contribution in [0.2, 0.25) is 10.0 Å². The summed E-state index contributed by atoms with van der Waals surface area (Å²) in [5.41, 5.74) is 0.259. The lowest BCUT2D eigenvalue weighted by atomic mass is 10.0. The summed E-state index contributed by atoms with van der Waals surface area (Å²) in [6.45, 7) is 4.62. The number of piperidine rings is 1. The SMILES string of the molecule is CC1CC(NC(=O)C(C)NC(=O)c2cccc(Cl)c2Cl)CCN1.Cl. The Morgan fingerprint density at radius 3 is 2.71 bits per heavy atom. The van der Waals surface area contributed by atoms with E-state index in [1.54, 1.807) is 25.1 Å². The Morgan fingerprint density at radius 2 is 2.04 bits per heavy atom. The first kappa shape index (κ1) is 21.0. The van der Waals surface area contributed by atoms with Crippen molar-refractivity contribution in [2.45, 2.75) is 44.8 Å². The number of amides is 2. The average Bonchev–Trinajstić information content (AvgIpc) is 2.49. The van der Waals surface area contributed by atoms with Gasteiger partial charge in [-0.05, 0) is 45.4 Å². The van der Waals surface area contributed by atoms with Crippen LogP contribution < -0.4 is 16.0 Å². The first-order valence-electron chi connectivity index (χ1n) is 7.67. The zero-order valence-electron chi connectivity index (χ0n) is 13.6. The van der Waals surface area contributed by atoms with Crippen molar-refractivity contribution >= 4 is 47.4 Å². The highest BCUT2D eigenvalue weighted by molar-refractivity contribution is 6.43. The van der Waals surface area contributed by atoms with E-state index in [2.05, 4.69) is 22.9 Å². The van der Waals surface area contributed by atoms with E-state index in [-0.39, 0.29) is 34.9 Å². The molecule has 3 N–H and O–H groups in total. The lowest BCUT2D eigenvalue weighted by molar-refractivity contribution is -0.123. The van der Waals surface area contributed by atoms with Crippen molar-refractivity contribution in [1.82, 2.24) is 16.0 Å². The second-order valence-corrected chi connectivity index (χ2v) is 6.67. The Hall–Kier alpha value is -1.01. The van der Waals surface area contributed by atoms with Crippen LogP contribution in [0, 0.1) is 0 Å². The van der Waals surface area contributed by atoms with Crippen LogP contribution in [0.15, 0.2) is 18.2 Å². The molecule has 1 fully saturated rings. The number of benzene rings is 1. The van der Waals surface area contributed by atoms with Crippen LogP contribution in [0.4, 0.5) is 0 Å². The zero-order chi connectivity index (χ0) is 17.0. The number of carbonyl (C=O) groups excluding carboxylic acids is 2. The van der Waals surface area contributed by atoms with Gasteiger partial charge in [-0.25, -0.2) is 0 Å². The molecule has 1 aromatic rings. The summed E-state index contributed by atoms with van der Waals surface area (Å²) in [5, 5.41) is 9.46. The summed E-state index contributed by atoms with van der Waals surface area (Å²) in [4.78, 5) is 24.5. The minimum Gasteiger partial charge on any atom is -0.351 e. The van der Waals surface area contributed by atoms with Gasteiger partial charge < -0.3 is 16.0 Å². The number of hydrogen-bond acceptors (Lipinski definition) is 3. The van der Waals surface area contributed by atoms with Gasteiger partial charge >= 0.3 is 0 Å². The number of carbonyl (C=O) groups is 2. The lowest BCUT2D eigenvalue weighted by Crippen LogP contribution is -2.52. The maximum absolute atomic E-state index is 12.2. The van der Waals surface area contributed by atoms with Gasteiger partial charge in [0.05, 0.1) is 15.6 Å². The molecule has 0 aliphatic carbocycles. The fourth-order valence-corrected chi connectivity index (χ4v) is 2.99. The molecule has 24 heavy (non-hydrogen) atoms. The molecule has 2 amide bonds. The lowest BCUT2D eigenvalue weighted by Gasteiger charge is -2.29. The van der Waals surface area contributed by atoms with E-state index in [9.17, 15) is 9.59 Å². The predicted molar refractivity (Wildman–Crippen MR) is 99.3 cm³/mol. The van der Waals surface area contributed by atoms with Crippen LogP contribution in [0.5, 0.6) is 0 Å². The summed E-state index contributed by atoms with van der Waals surface area (Å²) >= 11 is 11.9. The molecule has 1 saturated heterocycles. The van der Waals surface area contributed by atoms with Crippen molar-refractivity contribution < 1.29 is 9.59 Å². The van der Waals surface area contributed by atoms with Crippen molar-refractivity contribution in [1.29, 1.82) is 0 Å². The van der Waals surface area contributed by atoms with Gasteiger partial charge in [0.25, 0.3) is 5.91 Å². The fourth-order valence-electron chi connectivity index (χ4n) is 2.61. The molecule has 3 atom stereocenters. The largest absolute Gasteiger partial charge is 0.351 e. The van der Waals surface area contributed by atoms with E-state index in [1.807, 2.05) is 0 Å². The number of hydrogen-bond donors (Lipinski definition) is 3. The van der Waals surface area contributed by atoms with E-state index in [0.717, 1.165) is 19.4 Å². The third-order valence-electron chi connectivity index (χ3n) is 3.91. The Morgan fingerprint density at radius 1 is 1.33 bits per heavy atom. The van der Waals surface area contributed by atoms with Gasteiger partial charge in [0.1, 0.15) is 6.04 Å². The van der Waals surface area contributed by atoms with E-state index < -0.39 is 11.9 Å². The molecule has 8 heteroatoms. The van der Waals surface area contributed by atoms with E-state index in [1.165, 1.54) is 0 Å². The van der Waals surface area contributed by atoms with Crippen LogP contribution in [0.1, 0.15) is 37.0 Å². The van der Waals surface area contributed by atoms with Gasteiger partial charge in [-0.3, -0.25) is 9.59 Å². The molecule has 1 aromatic carbocycles.